The van der Waals surface area contributed by atoms with Crippen LogP contribution in [0.1, 0.15) is 51.0 Å². The fraction of sp³-hybridized carbons (Fsp3) is 0.400. The molecule has 0 aliphatic heterocycles. The zero-order valence-corrected chi connectivity index (χ0v) is 14.0. The molecule has 0 aliphatic rings. The standard InChI is InChI=1S/C20H24ClN/c1-2-3-4-5-6-7-8-15-9-11-17-18-14-16(21)10-12-19(18)22-20(17)13-15/h9-14,22H,2-8H2,1H3. The minimum atomic E-state index is 0.796. The van der Waals surface area contributed by atoms with Gasteiger partial charge in [-0.25, -0.2) is 0 Å². The van der Waals surface area contributed by atoms with Crippen molar-refractivity contribution >= 4 is 33.4 Å². The Labute approximate surface area is 137 Å². The Hall–Kier alpha value is -1.47. The van der Waals surface area contributed by atoms with Gasteiger partial charge >= 0.3 is 0 Å². The number of unbranched alkanes of at least 4 members (excludes halogenated alkanes) is 5. The van der Waals surface area contributed by atoms with E-state index in [9.17, 15) is 0 Å². The highest BCUT2D eigenvalue weighted by Gasteiger charge is 2.05. The first kappa shape index (κ1) is 15.4. The van der Waals surface area contributed by atoms with E-state index < -0.39 is 0 Å². The summed E-state index contributed by atoms with van der Waals surface area (Å²) < 4.78 is 0. The van der Waals surface area contributed by atoms with Gasteiger partial charge < -0.3 is 4.98 Å². The van der Waals surface area contributed by atoms with Crippen molar-refractivity contribution in [1.29, 1.82) is 0 Å². The van der Waals surface area contributed by atoms with Crippen LogP contribution in [0.4, 0.5) is 0 Å². The van der Waals surface area contributed by atoms with Crippen LogP contribution in [-0.4, -0.2) is 4.98 Å². The summed E-state index contributed by atoms with van der Waals surface area (Å²) in [7, 11) is 0. The lowest BCUT2D eigenvalue weighted by Gasteiger charge is -2.02. The zero-order valence-electron chi connectivity index (χ0n) is 13.3. The van der Waals surface area contributed by atoms with Crippen LogP contribution in [0.2, 0.25) is 5.02 Å². The summed E-state index contributed by atoms with van der Waals surface area (Å²) in [6.45, 7) is 2.27. The SMILES string of the molecule is CCCCCCCCc1ccc2c(c1)[nH]c1ccc(Cl)cc12. The van der Waals surface area contributed by atoms with E-state index in [-0.39, 0.29) is 0 Å². The number of halogens is 1. The monoisotopic (exact) mass is 313 g/mol. The molecule has 0 amide bonds. The van der Waals surface area contributed by atoms with Crippen molar-refractivity contribution in [3.63, 3.8) is 0 Å². The maximum atomic E-state index is 6.11. The van der Waals surface area contributed by atoms with Gasteiger partial charge in [0.05, 0.1) is 0 Å². The van der Waals surface area contributed by atoms with Gasteiger partial charge in [-0.1, -0.05) is 62.8 Å². The Bertz CT molecular complexity index is 757. The fourth-order valence-corrected chi connectivity index (χ4v) is 3.36. The van der Waals surface area contributed by atoms with Gasteiger partial charge in [-0.15, -0.1) is 0 Å². The number of aryl methyl sites for hydroxylation is 1. The molecule has 0 saturated heterocycles. The molecule has 3 aromatic rings. The largest absolute Gasteiger partial charge is 0.355 e. The first-order chi connectivity index (χ1) is 10.8. The molecule has 1 N–H and O–H groups in total. The molecule has 0 bridgehead atoms. The van der Waals surface area contributed by atoms with Crippen LogP contribution in [0.15, 0.2) is 36.4 Å². The molecule has 1 heterocycles. The van der Waals surface area contributed by atoms with Crippen LogP contribution >= 0.6 is 11.6 Å². The quantitative estimate of drug-likeness (QED) is 0.458. The second kappa shape index (κ2) is 7.19. The highest BCUT2D eigenvalue weighted by molar-refractivity contribution is 6.31. The highest BCUT2D eigenvalue weighted by atomic mass is 35.5. The Morgan fingerprint density at radius 3 is 2.50 bits per heavy atom. The number of fused-ring (bicyclic) bond motifs is 3. The first-order valence-corrected chi connectivity index (χ1v) is 8.85. The van der Waals surface area contributed by atoms with E-state index >= 15 is 0 Å². The summed E-state index contributed by atoms with van der Waals surface area (Å²) >= 11 is 6.11. The van der Waals surface area contributed by atoms with Gasteiger partial charge in [-0.05, 0) is 42.7 Å². The number of rotatable bonds is 7. The van der Waals surface area contributed by atoms with E-state index in [1.807, 2.05) is 12.1 Å². The molecular weight excluding hydrogens is 290 g/mol. The van der Waals surface area contributed by atoms with Gasteiger partial charge in [0.25, 0.3) is 0 Å². The number of H-pyrrole nitrogens is 1. The van der Waals surface area contributed by atoms with Crippen LogP contribution in [-0.2, 0) is 6.42 Å². The number of nitrogens with one attached hydrogen (secondary N) is 1. The predicted molar refractivity (Wildman–Crippen MR) is 97.9 cm³/mol. The smallest absolute Gasteiger partial charge is 0.0467 e. The highest BCUT2D eigenvalue weighted by Crippen LogP contribution is 2.28. The zero-order chi connectivity index (χ0) is 15.4. The maximum absolute atomic E-state index is 6.11. The van der Waals surface area contributed by atoms with Crippen molar-refractivity contribution in [2.75, 3.05) is 0 Å². The molecule has 1 aromatic heterocycles. The van der Waals surface area contributed by atoms with Crippen LogP contribution in [0, 0.1) is 0 Å². The van der Waals surface area contributed by atoms with Gasteiger partial charge in [0.1, 0.15) is 0 Å². The van der Waals surface area contributed by atoms with Crippen LogP contribution in [0.25, 0.3) is 21.8 Å². The summed E-state index contributed by atoms with van der Waals surface area (Å²) in [4.78, 5) is 3.51. The minimum absolute atomic E-state index is 0.796. The minimum Gasteiger partial charge on any atom is -0.355 e. The molecule has 0 aliphatic carbocycles. The lowest BCUT2D eigenvalue weighted by molar-refractivity contribution is 0.607. The molecule has 3 rings (SSSR count). The normalized spacial score (nSPS) is 11.5. The molecule has 0 spiro atoms. The molecule has 0 unspecified atom stereocenters. The van der Waals surface area contributed by atoms with Crippen LogP contribution in [0.3, 0.4) is 0 Å². The van der Waals surface area contributed by atoms with Crippen molar-refractivity contribution in [3.8, 4) is 0 Å². The van der Waals surface area contributed by atoms with Gasteiger partial charge in [0.2, 0.25) is 0 Å². The number of benzene rings is 2. The number of aromatic nitrogens is 1. The molecule has 116 valence electrons. The van der Waals surface area contributed by atoms with E-state index in [1.165, 1.54) is 66.8 Å². The Morgan fingerprint density at radius 1 is 0.818 bits per heavy atom. The number of hydrogen-bond donors (Lipinski definition) is 1. The summed E-state index contributed by atoms with van der Waals surface area (Å²) in [5.74, 6) is 0. The predicted octanol–water partition coefficient (Wildman–Crippen LogP) is 6.88. The van der Waals surface area contributed by atoms with Crippen molar-refractivity contribution in [3.05, 3.63) is 47.0 Å². The topological polar surface area (TPSA) is 15.8 Å². The fourth-order valence-electron chi connectivity index (χ4n) is 3.19. The summed E-state index contributed by atoms with van der Waals surface area (Å²) in [6.07, 6.45) is 9.28. The maximum Gasteiger partial charge on any atom is 0.0467 e. The lowest BCUT2D eigenvalue weighted by atomic mass is 10.0. The average Bonchev–Trinajstić information content (AvgIpc) is 2.88. The summed E-state index contributed by atoms with van der Waals surface area (Å²) in [5, 5.41) is 3.28. The molecule has 22 heavy (non-hydrogen) atoms. The molecular formula is C20H24ClN. The Balaban J connectivity index is 1.69. The van der Waals surface area contributed by atoms with Crippen LogP contribution < -0.4 is 0 Å². The second-order valence-electron chi connectivity index (χ2n) is 6.21. The average molecular weight is 314 g/mol. The third-order valence-corrected chi connectivity index (χ3v) is 4.68. The molecule has 0 atom stereocenters. The van der Waals surface area contributed by atoms with Gasteiger partial charge in [0, 0.05) is 26.8 Å². The number of aromatic amines is 1. The lowest BCUT2D eigenvalue weighted by Crippen LogP contribution is -1.86. The van der Waals surface area contributed by atoms with Crippen molar-refractivity contribution < 1.29 is 0 Å². The number of hydrogen-bond acceptors (Lipinski definition) is 0. The third kappa shape index (κ3) is 3.47. The molecule has 2 aromatic carbocycles. The molecule has 0 fully saturated rings. The van der Waals surface area contributed by atoms with Gasteiger partial charge in [-0.2, -0.15) is 0 Å². The van der Waals surface area contributed by atoms with E-state index in [4.69, 9.17) is 11.6 Å². The molecule has 1 nitrogen and oxygen atoms in total. The van der Waals surface area contributed by atoms with E-state index in [1.54, 1.807) is 0 Å². The Morgan fingerprint density at radius 2 is 1.64 bits per heavy atom. The molecule has 2 heteroatoms. The summed E-state index contributed by atoms with van der Waals surface area (Å²) in [5.41, 5.74) is 3.82. The summed E-state index contributed by atoms with van der Waals surface area (Å²) in [6, 6.07) is 12.8. The van der Waals surface area contributed by atoms with E-state index in [2.05, 4.69) is 36.2 Å². The van der Waals surface area contributed by atoms with E-state index in [0.29, 0.717) is 0 Å². The van der Waals surface area contributed by atoms with Crippen molar-refractivity contribution in [2.45, 2.75) is 51.9 Å². The second-order valence-corrected chi connectivity index (χ2v) is 6.65. The van der Waals surface area contributed by atoms with Crippen molar-refractivity contribution in [2.24, 2.45) is 0 Å². The van der Waals surface area contributed by atoms with Crippen molar-refractivity contribution in [1.82, 2.24) is 4.98 Å². The van der Waals surface area contributed by atoms with Gasteiger partial charge in [-0.3, -0.25) is 0 Å². The van der Waals surface area contributed by atoms with Crippen LogP contribution in [0.5, 0.6) is 0 Å². The van der Waals surface area contributed by atoms with Gasteiger partial charge in [0.15, 0.2) is 0 Å². The molecule has 0 radical (unpaired) electrons. The Kier molecular flexibility index (Phi) is 5.04. The first-order valence-electron chi connectivity index (χ1n) is 8.48. The third-order valence-electron chi connectivity index (χ3n) is 4.44. The molecule has 0 saturated carbocycles. The van der Waals surface area contributed by atoms with E-state index in [0.717, 1.165) is 10.5 Å².